The highest BCUT2D eigenvalue weighted by Crippen LogP contribution is 2.35. The van der Waals surface area contributed by atoms with E-state index in [1.54, 1.807) is 4.44 Å². The average molecular weight is 385 g/mol. The fourth-order valence-electron chi connectivity index (χ4n) is 2.65. The molecule has 0 spiro atoms. The highest BCUT2D eigenvalue weighted by atomic mass is 32.2. The summed E-state index contributed by atoms with van der Waals surface area (Å²) in [6.45, 7) is 0.946. The Morgan fingerprint density at radius 2 is 1.73 bits per heavy atom. The summed E-state index contributed by atoms with van der Waals surface area (Å²) in [7, 11) is -3.11. The molecule has 0 saturated carbocycles. The second-order valence-electron chi connectivity index (χ2n) is 5.73. The quantitative estimate of drug-likeness (QED) is 0.675. The lowest BCUT2D eigenvalue weighted by Crippen LogP contribution is -2.16. The molecule has 0 bridgehead atoms. The summed E-state index contributed by atoms with van der Waals surface area (Å²) in [5.41, 5.74) is 2.07. The van der Waals surface area contributed by atoms with E-state index in [4.69, 9.17) is 4.74 Å². The Morgan fingerprint density at radius 1 is 1.04 bits per heavy atom. The number of rotatable bonds is 5. The molecule has 0 N–H and O–H groups in total. The van der Waals surface area contributed by atoms with Gasteiger partial charge in [0.2, 0.25) is 0 Å². The van der Waals surface area contributed by atoms with Crippen molar-refractivity contribution in [2.75, 3.05) is 18.9 Å². The third-order valence-electron chi connectivity index (χ3n) is 3.87. The number of hydrogen-bond acceptors (Lipinski definition) is 5. The van der Waals surface area contributed by atoms with Crippen molar-refractivity contribution >= 4 is 24.1 Å². The van der Waals surface area contributed by atoms with Crippen molar-refractivity contribution in [3.05, 3.63) is 60.7 Å². The van der Waals surface area contributed by atoms with Gasteiger partial charge in [0.1, 0.15) is 22.7 Å². The van der Waals surface area contributed by atoms with Gasteiger partial charge in [-0.1, -0.05) is 48.5 Å². The first-order valence-electron chi connectivity index (χ1n) is 8.10. The molecule has 0 fully saturated rings. The van der Waals surface area contributed by atoms with Gasteiger partial charge >= 0.3 is 0 Å². The summed E-state index contributed by atoms with van der Waals surface area (Å²) in [6.07, 6.45) is 0. The van der Waals surface area contributed by atoms with Gasteiger partial charge in [0, 0.05) is 5.56 Å². The van der Waals surface area contributed by atoms with Gasteiger partial charge in [-0.3, -0.25) is 4.99 Å². The Balaban J connectivity index is 1.83. The maximum atomic E-state index is 13.0. The van der Waals surface area contributed by atoms with Gasteiger partial charge in [0.25, 0.3) is 0 Å². The van der Waals surface area contributed by atoms with Crippen LogP contribution in [0.5, 0.6) is 0 Å². The van der Waals surface area contributed by atoms with E-state index in [0.717, 1.165) is 11.3 Å². The van der Waals surface area contributed by atoms with Crippen molar-refractivity contribution in [3.63, 3.8) is 0 Å². The number of nitrogens with zero attached hydrogens (tertiary/aromatic N) is 3. The fraction of sp³-hybridized carbons (Fsp3) is 0.167. The lowest BCUT2D eigenvalue weighted by Gasteiger charge is -2.04. The van der Waals surface area contributed by atoms with Crippen molar-refractivity contribution in [1.29, 1.82) is 0 Å². The second kappa shape index (κ2) is 7.02. The van der Waals surface area contributed by atoms with Crippen LogP contribution in [0.1, 0.15) is 0 Å². The Labute approximate surface area is 153 Å². The minimum absolute atomic E-state index is 0.232. The monoisotopic (exact) mass is 385 g/mol. The van der Waals surface area contributed by atoms with Gasteiger partial charge in [-0.15, -0.1) is 0 Å². The van der Waals surface area contributed by atoms with Crippen LogP contribution in [0, 0.1) is 0 Å². The Morgan fingerprint density at radius 3 is 2.38 bits per heavy atom. The first-order valence-corrected chi connectivity index (χ1v) is 10.6. The number of benzene rings is 2. The van der Waals surface area contributed by atoms with E-state index < -0.39 is 9.84 Å². The average Bonchev–Trinajstić information content (AvgIpc) is 3.33. The zero-order valence-electron chi connectivity index (χ0n) is 13.8. The van der Waals surface area contributed by atoms with E-state index in [1.807, 2.05) is 60.7 Å². The van der Waals surface area contributed by atoms with Crippen LogP contribution in [-0.4, -0.2) is 42.8 Å². The largest absolute Gasteiger partial charge is 0.478 e. The van der Waals surface area contributed by atoms with Gasteiger partial charge in [-0.25, -0.2) is 12.9 Å². The number of ether oxygens (including phenoxy) is 1. The van der Waals surface area contributed by atoms with Gasteiger partial charge in [0.05, 0.1) is 20.6 Å². The molecule has 26 heavy (non-hydrogen) atoms. The molecule has 0 aliphatic carbocycles. The topological polar surface area (TPSA) is 73.6 Å². The molecule has 2 heterocycles. The van der Waals surface area contributed by atoms with Crippen molar-refractivity contribution in [3.8, 4) is 16.9 Å². The Bertz CT molecular complexity index is 1050. The third-order valence-corrected chi connectivity index (χ3v) is 7.27. The van der Waals surface area contributed by atoms with E-state index in [0.29, 0.717) is 27.2 Å². The maximum absolute atomic E-state index is 13.0. The number of aliphatic imine (C=N–C) groups is 1. The fourth-order valence-corrected chi connectivity index (χ4v) is 5.49. The maximum Gasteiger partial charge on any atom is 0.199 e. The summed E-state index contributed by atoms with van der Waals surface area (Å²) in [4.78, 5) is 4.11. The van der Waals surface area contributed by atoms with E-state index in [9.17, 15) is 8.42 Å². The van der Waals surface area contributed by atoms with Gasteiger partial charge in [0.15, 0.2) is 15.7 Å². The first kappa shape index (κ1) is 16.9. The van der Waals surface area contributed by atoms with Crippen LogP contribution in [0.3, 0.4) is 0 Å². The number of sulfone groups is 1. The SMILES string of the molecule is O=S(=O)(CC1=NCCO1)c1pn(-c2ccccc2)nc1-c1ccccc1. The van der Waals surface area contributed by atoms with Gasteiger partial charge in [-0.2, -0.15) is 5.10 Å². The molecule has 0 saturated heterocycles. The van der Waals surface area contributed by atoms with Gasteiger partial charge in [-0.05, 0) is 12.1 Å². The van der Waals surface area contributed by atoms with Crippen LogP contribution < -0.4 is 0 Å². The number of hydrogen-bond donors (Lipinski definition) is 0. The van der Waals surface area contributed by atoms with Crippen molar-refractivity contribution in [2.45, 2.75) is 4.63 Å². The van der Waals surface area contributed by atoms with Crippen LogP contribution in [0.4, 0.5) is 0 Å². The van der Waals surface area contributed by atoms with Crippen molar-refractivity contribution in [1.82, 2.24) is 9.54 Å². The molecular formula is C18H16N3O3PS. The molecule has 2 aromatic carbocycles. The second-order valence-corrected chi connectivity index (χ2v) is 8.98. The van der Waals surface area contributed by atoms with E-state index >= 15 is 0 Å². The van der Waals surface area contributed by atoms with E-state index in [-0.39, 0.29) is 16.3 Å². The Kier molecular flexibility index (Phi) is 4.57. The molecule has 0 radical (unpaired) electrons. The lowest BCUT2D eigenvalue weighted by atomic mass is 10.2. The van der Waals surface area contributed by atoms with Crippen molar-refractivity contribution in [2.24, 2.45) is 4.99 Å². The predicted octanol–water partition coefficient (Wildman–Crippen LogP) is 3.32. The van der Waals surface area contributed by atoms with E-state index in [2.05, 4.69) is 10.1 Å². The highest BCUT2D eigenvalue weighted by molar-refractivity contribution is 7.94. The molecule has 132 valence electrons. The third kappa shape index (κ3) is 3.41. The highest BCUT2D eigenvalue weighted by Gasteiger charge is 2.28. The number of para-hydroxylation sites is 1. The molecule has 0 atom stereocenters. The van der Waals surface area contributed by atoms with Crippen LogP contribution in [0.25, 0.3) is 16.9 Å². The molecule has 0 unspecified atom stereocenters. The minimum Gasteiger partial charge on any atom is -0.478 e. The molecule has 1 aliphatic heterocycles. The smallest absolute Gasteiger partial charge is 0.199 e. The lowest BCUT2D eigenvalue weighted by molar-refractivity contribution is 0.345. The molecular weight excluding hydrogens is 369 g/mol. The molecule has 1 aliphatic rings. The molecule has 4 rings (SSSR count). The minimum atomic E-state index is -3.61. The van der Waals surface area contributed by atoms with Crippen molar-refractivity contribution < 1.29 is 13.2 Å². The first-order chi connectivity index (χ1) is 12.6. The van der Waals surface area contributed by atoms with Gasteiger partial charge < -0.3 is 4.74 Å². The summed E-state index contributed by atoms with van der Waals surface area (Å²) in [6, 6.07) is 18.9. The molecule has 0 amide bonds. The molecule has 3 aromatic rings. The van der Waals surface area contributed by atoms with Crippen LogP contribution in [-0.2, 0) is 14.6 Å². The summed E-state index contributed by atoms with van der Waals surface area (Å²) >= 11 is 0. The van der Waals surface area contributed by atoms with E-state index in [1.165, 1.54) is 0 Å². The normalized spacial score (nSPS) is 14.4. The zero-order chi connectivity index (χ0) is 18.0. The van der Waals surface area contributed by atoms with Crippen LogP contribution >= 0.6 is 8.35 Å². The molecule has 6 nitrogen and oxygen atoms in total. The van der Waals surface area contributed by atoms with Crippen LogP contribution in [0.2, 0.25) is 0 Å². The summed E-state index contributed by atoms with van der Waals surface area (Å²) in [5, 5.41) is 4.59. The summed E-state index contributed by atoms with van der Waals surface area (Å²) in [5.74, 6) is 0.0439. The molecule has 8 heteroatoms. The predicted molar refractivity (Wildman–Crippen MR) is 102 cm³/mol. The number of aromatic nitrogens is 2. The van der Waals surface area contributed by atoms with Crippen LogP contribution in [0.15, 0.2) is 70.3 Å². The molecule has 1 aromatic heterocycles. The zero-order valence-corrected chi connectivity index (χ0v) is 15.5. The Hall–Kier alpha value is -2.50. The standard InChI is InChI=1S/C18H16N3O3PS/c22-26(23,13-16-19-11-12-24-16)18-17(14-7-3-1-4-8-14)20-21(25-18)15-9-5-2-6-10-15/h1-10H,11-13H2. The summed E-state index contributed by atoms with van der Waals surface area (Å²) < 4.78 is 33.3.